The molecule has 1 aromatic carbocycles. The first-order chi connectivity index (χ1) is 9.43. The topological polar surface area (TPSA) is 98.7 Å². The van der Waals surface area contributed by atoms with E-state index in [0.29, 0.717) is 5.02 Å². The number of carbonyl (C=O) groups excluding carboxylic acids is 1. The van der Waals surface area contributed by atoms with Crippen LogP contribution in [-0.4, -0.2) is 34.9 Å². The van der Waals surface area contributed by atoms with Gasteiger partial charge in [-0.25, -0.2) is 9.59 Å². The molecule has 0 aliphatic carbocycles. The lowest BCUT2D eigenvalue weighted by Crippen LogP contribution is -2.47. The number of carbonyl (C=O) groups is 2. The van der Waals surface area contributed by atoms with Gasteiger partial charge in [0.2, 0.25) is 0 Å². The van der Waals surface area contributed by atoms with Crippen LogP contribution in [0.15, 0.2) is 24.3 Å². The molecule has 7 heteroatoms. The number of rotatable bonds is 6. The number of hydrogen-bond acceptors (Lipinski definition) is 3. The van der Waals surface area contributed by atoms with E-state index in [-0.39, 0.29) is 19.1 Å². The largest absolute Gasteiger partial charge is 0.480 e. The van der Waals surface area contributed by atoms with Crippen molar-refractivity contribution in [2.75, 3.05) is 6.61 Å². The lowest BCUT2D eigenvalue weighted by atomic mass is 10.1. The summed E-state index contributed by atoms with van der Waals surface area (Å²) in [5.41, 5.74) is 0.807. The van der Waals surface area contributed by atoms with Crippen LogP contribution in [0, 0.1) is 0 Å². The number of amides is 2. The number of urea groups is 1. The standard InChI is InChI=1S/C13H17ClN2O4/c1-8(9-3-2-4-10(14)7-9)15-13(20)16-11(5-6-17)12(18)19/h2-4,7-8,11,17H,5-6H2,1H3,(H,18,19)(H2,15,16,20)/t8?,11-/m1/s1. The van der Waals surface area contributed by atoms with Gasteiger partial charge in [0.1, 0.15) is 6.04 Å². The Balaban J connectivity index is 2.59. The molecule has 0 fully saturated rings. The maximum atomic E-state index is 11.7. The minimum atomic E-state index is -1.19. The molecule has 0 bridgehead atoms. The number of carboxylic acid groups (broad SMARTS) is 1. The summed E-state index contributed by atoms with van der Waals surface area (Å²) in [5, 5.41) is 23.1. The zero-order valence-corrected chi connectivity index (χ0v) is 11.7. The SMILES string of the molecule is CC(NC(=O)N[C@H](CCO)C(=O)O)c1cccc(Cl)c1. The predicted molar refractivity (Wildman–Crippen MR) is 74.7 cm³/mol. The van der Waals surface area contributed by atoms with Crippen LogP contribution >= 0.6 is 11.6 Å². The summed E-state index contributed by atoms with van der Waals surface area (Å²) in [4.78, 5) is 22.6. The summed E-state index contributed by atoms with van der Waals surface area (Å²) in [5.74, 6) is -1.19. The Bertz CT molecular complexity index is 481. The van der Waals surface area contributed by atoms with Gasteiger partial charge in [0, 0.05) is 18.1 Å². The number of aliphatic hydroxyl groups is 1. The first-order valence-corrected chi connectivity index (χ1v) is 6.48. The van der Waals surface area contributed by atoms with Crippen molar-refractivity contribution in [3.63, 3.8) is 0 Å². The Kier molecular flexibility index (Phi) is 6.27. The molecule has 0 saturated carbocycles. The van der Waals surface area contributed by atoms with E-state index in [1.807, 2.05) is 0 Å². The molecular formula is C13H17ClN2O4. The summed E-state index contributed by atoms with van der Waals surface area (Å²) in [6, 6.07) is 4.95. The molecule has 0 aromatic heterocycles. The fraction of sp³-hybridized carbons (Fsp3) is 0.385. The van der Waals surface area contributed by atoms with Crippen LogP contribution in [0.25, 0.3) is 0 Å². The van der Waals surface area contributed by atoms with Crippen molar-refractivity contribution in [2.24, 2.45) is 0 Å². The third kappa shape index (κ3) is 5.07. The van der Waals surface area contributed by atoms with Gasteiger partial charge < -0.3 is 20.8 Å². The van der Waals surface area contributed by atoms with Gasteiger partial charge in [0.25, 0.3) is 0 Å². The first-order valence-electron chi connectivity index (χ1n) is 6.10. The molecule has 0 aliphatic heterocycles. The number of aliphatic hydroxyl groups excluding tert-OH is 1. The quantitative estimate of drug-likeness (QED) is 0.640. The molecular weight excluding hydrogens is 284 g/mol. The van der Waals surface area contributed by atoms with E-state index in [1.54, 1.807) is 31.2 Å². The maximum Gasteiger partial charge on any atom is 0.326 e. The van der Waals surface area contributed by atoms with E-state index in [0.717, 1.165) is 5.56 Å². The van der Waals surface area contributed by atoms with Crippen molar-refractivity contribution in [1.29, 1.82) is 0 Å². The predicted octanol–water partition coefficient (Wildman–Crippen LogP) is 1.54. The van der Waals surface area contributed by atoms with Crippen LogP contribution in [0.5, 0.6) is 0 Å². The van der Waals surface area contributed by atoms with Gasteiger partial charge in [-0.3, -0.25) is 0 Å². The van der Waals surface area contributed by atoms with E-state index in [1.165, 1.54) is 0 Å². The van der Waals surface area contributed by atoms with E-state index in [2.05, 4.69) is 10.6 Å². The third-order valence-electron chi connectivity index (χ3n) is 2.72. The van der Waals surface area contributed by atoms with Gasteiger partial charge in [-0.15, -0.1) is 0 Å². The van der Waals surface area contributed by atoms with Crippen molar-refractivity contribution in [2.45, 2.75) is 25.4 Å². The molecule has 110 valence electrons. The van der Waals surface area contributed by atoms with Gasteiger partial charge in [0.15, 0.2) is 0 Å². The van der Waals surface area contributed by atoms with E-state index < -0.39 is 18.0 Å². The van der Waals surface area contributed by atoms with Gasteiger partial charge >= 0.3 is 12.0 Å². The normalized spacial score (nSPS) is 13.3. The smallest absolute Gasteiger partial charge is 0.326 e. The Morgan fingerprint density at radius 3 is 2.60 bits per heavy atom. The van der Waals surface area contributed by atoms with Crippen LogP contribution in [0.1, 0.15) is 24.9 Å². The first kappa shape index (κ1) is 16.3. The average molecular weight is 301 g/mol. The lowest BCUT2D eigenvalue weighted by molar-refractivity contribution is -0.139. The molecule has 0 radical (unpaired) electrons. The molecule has 6 nitrogen and oxygen atoms in total. The van der Waals surface area contributed by atoms with E-state index in [9.17, 15) is 9.59 Å². The second kappa shape index (κ2) is 7.72. The highest BCUT2D eigenvalue weighted by molar-refractivity contribution is 6.30. The second-order valence-electron chi connectivity index (χ2n) is 4.30. The van der Waals surface area contributed by atoms with Crippen LogP contribution < -0.4 is 10.6 Å². The molecule has 20 heavy (non-hydrogen) atoms. The number of nitrogens with one attached hydrogen (secondary N) is 2. The summed E-state index contributed by atoms with van der Waals surface area (Å²) >= 11 is 5.86. The average Bonchev–Trinajstić information content (AvgIpc) is 2.38. The Hall–Kier alpha value is -1.79. The molecule has 0 heterocycles. The molecule has 1 aromatic rings. The minimum absolute atomic E-state index is 0.0473. The number of benzene rings is 1. The van der Waals surface area contributed by atoms with Crippen LogP contribution in [0.3, 0.4) is 0 Å². The molecule has 1 rings (SSSR count). The summed E-state index contributed by atoms with van der Waals surface area (Å²) in [6.45, 7) is 1.44. The summed E-state index contributed by atoms with van der Waals surface area (Å²) < 4.78 is 0. The Morgan fingerprint density at radius 1 is 1.35 bits per heavy atom. The monoisotopic (exact) mass is 300 g/mol. The minimum Gasteiger partial charge on any atom is -0.480 e. The zero-order valence-electron chi connectivity index (χ0n) is 11.0. The zero-order chi connectivity index (χ0) is 15.1. The van der Waals surface area contributed by atoms with Crippen molar-refractivity contribution in [1.82, 2.24) is 10.6 Å². The van der Waals surface area contributed by atoms with Crippen molar-refractivity contribution in [3.8, 4) is 0 Å². The third-order valence-corrected chi connectivity index (χ3v) is 2.95. The number of carboxylic acids is 1. The molecule has 2 atom stereocenters. The van der Waals surface area contributed by atoms with Gasteiger partial charge in [-0.05, 0) is 24.6 Å². The van der Waals surface area contributed by atoms with Gasteiger partial charge in [-0.1, -0.05) is 23.7 Å². The van der Waals surface area contributed by atoms with Crippen molar-refractivity contribution in [3.05, 3.63) is 34.9 Å². The van der Waals surface area contributed by atoms with E-state index >= 15 is 0 Å². The molecule has 2 amide bonds. The van der Waals surface area contributed by atoms with Crippen molar-refractivity contribution >= 4 is 23.6 Å². The molecule has 0 spiro atoms. The summed E-state index contributed by atoms with van der Waals surface area (Å²) in [6.07, 6.45) is -0.0473. The molecule has 0 saturated heterocycles. The van der Waals surface area contributed by atoms with Crippen LogP contribution in [0.2, 0.25) is 5.02 Å². The Labute approximate surface area is 121 Å². The Morgan fingerprint density at radius 2 is 2.05 bits per heavy atom. The van der Waals surface area contributed by atoms with Gasteiger partial charge in [-0.2, -0.15) is 0 Å². The highest BCUT2D eigenvalue weighted by Gasteiger charge is 2.20. The molecule has 1 unspecified atom stereocenters. The molecule has 0 aliphatic rings. The number of halogens is 1. The summed E-state index contributed by atoms with van der Waals surface area (Å²) in [7, 11) is 0. The number of aliphatic carboxylic acids is 1. The van der Waals surface area contributed by atoms with Crippen LogP contribution in [-0.2, 0) is 4.79 Å². The van der Waals surface area contributed by atoms with Crippen molar-refractivity contribution < 1.29 is 19.8 Å². The van der Waals surface area contributed by atoms with Gasteiger partial charge in [0.05, 0.1) is 6.04 Å². The fourth-order valence-electron chi connectivity index (χ4n) is 1.64. The lowest BCUT2D eigenvalue weighted by Gasteiger charge is -2.18. The highest BCUT2D eigenvalue weighted by Crippen LogP contribution is 2.17. The van der Waals surface area contributed by atoms with E-state index in [4.69, 9.17) is 21.8 Å². The second-order valence-corrected chi connectivity index (χ2v) is 4.73. The molecule has 4 N–H and O–H groups in total. The van der Waals surface area contributed by atoms with Crippen LogP contribution in [0.4, 0.5) is 4.79 Å². The highest BCUT2D eigenvalue weighted by atomic mass is 35.5. The maximum absolute atomic E-state index is 11.7. The fourth-order valence-corrected chi connectivity index (χ4v) is 1.84. The number of hydrogen-bond donors (Lipinski definition) is 4.